The topological polar surface area (TPSA) is 29.1 Å². The van der Waals surface area contributed by atoms with Crippen LogP contribution in [0.15, 0.2) is 22.7 Å². The average Bonchev–Trinajstić information content (AvgIpc) is 2.90. The zero-order valence-corrected chi connectivity index (χ0v) is 13.3. The first kappa shape index (κ1) is 16.3. The van der Waals surface area contributed by atoms with Gasteiger partial charge in [0.15, 0.2) is 0 Å². The third-order valence-electron chi connectivity index (χ3n) is 4.26. The molecule has 0 bridgehead atoms. The number of nitrogens with one attached hydrogen (secondary N) is 1. The van der Waals surface area contributed by atoms with Gasteiger partial charge in [-0.3, -0.25) is 4.79 Å². The molecule has 0 atom stereocenters. The number of hydrogen-bond acceptors (Lipinski definition) is 1. The van der Waals surface area contributed by atoms with Crippen molar-refractivity contribution in [3.05, 3.63) is 28.2 Å². The molecule has 0 unspecified atom stereocenters. The molecular weight excluding hydrogens is 347 g/mol. The molecule has 1 fully saturated rings. The second-order valence-electron chi connectivity index (χ2n) is 5.49. The SMILES string of the molecule is CCC1(C(=O)Nc2cc(C(F)(F)F)ccc2Br)CCCC1. The molecule has 1 aromatic carbocycles. The van der Waals surface area contributed by atoms with E-state index in [4.69, 9.17) is 0 Å². The molecule has 2 nitrogen and oxygen atoms in total. The number of alkyl halides is 3. The van der Waals surface area contributed by atoms with Crippen molar-refractivity contribution in [1.82, 2.24) is 0 Å². The Balaban J connectivity index is 2.25. The lowest BCUT2D eigenvalue weighted by molar-refractivity contribution is -0.137. The minimum Gasteiger partial charge on any atom is -0.325 e. The minimum absolute atomic E-state index is 0.176. The van der Waals surface area contributed by atoms with Crippen molar-refractivity contribution >= 4 is 27.5 Å². The second kappa shape index (κ2) is 5.99. The van der Waals surface area contributed by atoms with Crippen molar-refractivity contribution in [2.75, 3.05) is 5.32 Å². The molecule has 21 heavy (non-hydrogen) atoms. The van der Waals surface area contributed by atoms with Gasteiger partial charge in [-0.05, 0) is 53.4 Å². The first-order valence-corrected chi connectivity index (χ1v) is 7.76. The summed E-state index contributed by atoms with van der Waals surface area (Å²) in [7, 11) is 0. The van der Waals surface area contributed by atoms with Gasteiger partial charge in [0, 0.05) is 9.89 Å². The fourth-order valence-electron chi connectivity index (χ4n) is 2.85. The number of amides is 1. The van der Waals surface area contributed by atoms with Gasteiger partial charge in [0.05, 0.1) is 11.3 Å². The fraction of sp³-hybridized carbons (Fsp3) is 0.533. The van der Waals surface area contributed by atoms with Gasteiger partial charge in [-0.15, -0.1) is 0 Å². The number of rotatable bonds is 3. The van der Waals surface area contributed by atoms with Crippen LogP contribution in [0.4, 0.5) is 18.9 Å². The van der Waals surface area contributed by atoms with Crippen LogP contribution in [-0.4, -0.2) is 5.91 Å². The van der Waals surface area contributed by atoms with E-state index in [0.29, 0.717) is 10.9 Å². The van der Waals surface area contributed by atoms with Gasteiger partial charge in [-0.25, -0.2) is 0 Å². The summed E-state index contributed by atoms with van der Waals surface area (Å²) < 4.78 is 38.7. The Hall–Kier alpha value is -1.04. The van der Waals surface area contributed by atoms with E-state index >= 15 is 0 Å². The fourth-order valence-corrected chi connectivity index (χ4v) is 3.19. The van der Waals surface area contributed by atoms with Gasteiger partial charge in [-0.1, -0.05) is 19.8 Å². The van der Waals surface area contributed by atoms with Gasteiger partial charge in [0.25, 0.3) is 0 Å². The Morgan fingerprint density at radius 3 is 2.48 bits per heavy atom. The summed E-state index contributed by atoms with van der Waals surface area (Å²) in [5, 5.41) is 2.67. The summed E-state index contributed by atoms with van der Waals surface area (Å²) in [5.41, 5.74) is -1.03. The molecule has 0 aromatic heterocycles. The molecule has 2 rings (SSSR count). The van der Waals surface area contributed by atoms with E-state index in [1.54, 1.807) is 0 Å². The van der Waals surface area contributed by atoms with Crippen LogP contribution < -0.4 is 5.32 Å². The third-order valence-corrected chi connectivity index (χ3v) is 4.95. The molecule has 0 aliphatic heterocycles. The molecule has 0 heterocycles. The van der Waals surface area contributed by atoms with Gasteiger partial charge >= 0.3 is 6.18 Å². The second-order valence-corrected chi connectivity index (χ2v) is 6.34. The highest BCUT2D eigenvalue weighted by atomic mass is 79.9. The highest BCUT2D eigenvalue weighted by molar-refractivity contribution is 9.10. The van der Waals surface area contributed by atoms with E-state index < -0.39 is 17.2 Å². The number of carbonyl (C=O) groups is 1. The number of halogens is 4. The zero-order chi connectivity index (χ0) is 15.7. The van der Waals surface area contributed by atoms with Gasteiger partial charge in [0.2, 0.25) is 5.91 Å². The van der Waals surface area contributed by atoms with Crippen molar-refractivity contribution in [3.63, 3.8) is 0 Å². The van der Waals surface area contributed by atoms with E-state index in [1.807, 2.05) is 6.92 Å². The van der Waals surface area contributed by atoms with Gasteiger partial charge < -0.3 is 5.32 Å². The van der Waals surface area contributed by atoms with Crippen LogP contribution in [-0.2, 0) is 11.0 Å². The third kappa shape index (κ3) is 3.42. The lowest BCUT2D eigenvalue weighted by Crippen LogP contribution is -2.33. The quantitative estimate of drug-likeness (QED) is 0.767. The van der Waals surface area contributed by atoms with Crippen LogP contribution in [0.25, 0.3) is 0 Å². The van der Waals surface area contributed by atoms with Crippen LogP contribution in [0, 0.1) is 5.41 Å². The van der Waals surface area contributed by atoms with E-state index in [2.05, 4.69) is 21.2 Å². The number of anilines is 1. The number of hydrogen-bond donors (Lipinski definition) is 1. The van der Waals surface area contributed by atoms with Crippen molar-refractivity contribution in [2.24, 2.45) is 5.41 Å². The average molecular weight is 364 g/mol. The van der Waals surface area contributed by atoms with E-state index in [1.165, 1.54) is 6.07 Å². The Morgan fingerprint density at radius 1 is 1.33 bits per heavy atom. The maximum absolute atomic E-state index is 12.8. The first-order chi connectivity index (χ1) is 9.78. The highest BCUT2D eigenvalue weighted by Gasteiger charge is 2.39. The molecule has 6 heteroatoms. The smallest absolute Gasteiger partial charge is 0.325 e. The minimum atomic E-state index is -4.42. The van der Waals surface area contributed by atoms with E-state index in [-0.39, 0.29) is 11.6 Å². The molecule has 116 valence electrons. The van der Waals surface area contributed by atoms with Crippen LogP contribution >= 0.6 is 15.9 Å². The lowest BCUT2D eigenvalue weighted by atomic mass is 9.82. The molecule has 1 N–H and O–H groups in total. The summed E-state index contributed by atoms with van der Waals surface area (Å²) >= 11 is 3.19. The molecule has 1 aromatic rings. The summed E-state index contributed by atoms with van der Waals surface area (Å²) in [6.07, 6.45) is -0.140. The maximum Gasteiger partial charge on any atom is 0.416 e. The standard InChI is InChI=1S/C15H17BrF3NO/c1-2-14(7-3-4-8-14)13(21)20-12-9-10(15(17,18)19)5-6-11(12)16/h5-6,9H,2-4,7-8H2,1H3,(H,20,21). The lowest BCUT2D eigenvalue weighted by Gasteiger charge is -2.26. The Morgan fingerprint density at radius 2 is 1.95 bits per heavy atom. The summed E-state index contributed by atoms with van der Waals surface area (Å²) in [6, 6.07) is 3.27. The van der Waals surface area contributed by atoms with Crippen LogP contribution in [0.5, 0.6) is 0 Å². The van der Waals surface area contributed by atoms with Crippen molar-refractivity contribution < 1.29 is 18.0 Å². The molecule has 1 aliphatic rings. The number of benzene rings is 1. The molecule has 0 spiro atoms. The summed E-state index contributed by atoms with van der Waals surface area (Å²) in [6.45, 7) is 1.95. The maximum atomic E-state index is 12.8. The normalized spacial score (nSPS) is 17.8. The first-order valence-electron chi connectivity index (χ1n) is 6.97. The predicted molar refractivity (Wildman–Crippen MR) is 79.0 cm³/mol. The molecule has 1 amide bonds. The largest absolute Gasteiger partial charge is 0.416 e. The van der Waals surface area contributed by atoms with Crippen LogP contribution in [0.2, 0.25) is 0 Å². The summed E-state index contributed by atoms with van der Waals surface area (Å²) in [4.78, 5) is 12.5. The molecule has 1 saturated carbocycles. The molecule has 0 saturated heterocycles. The van der Waals surface area contributed by atoms with Crippen LogP contribution in [0.1, 0.15) is 44.6 Å². The van der Waals surface area contributed by atoms with Crippen molar-refractivity contribution in [3.8, 4) is 0 Å². The molecular formula is C15H17BrF3NO. The highest BCUT2D eigenvalue weighted by Crippen LogP contribution is 2.42. The predicted octanol–water partition coefficient (Wildman–Crippen LogP) is 5.38. The molecule has 1 aliphatic carbocycles. The van der Waals surface area contributed by atoms with E-state index in [9.17, 15) is 18.0 Å². The van der Waals surface area contributed by atoms with Gasteiger partial charge in [-0.2, -0.15) is 13.2 Å². The Kier molecular flexibility index (Phi) is 4.66. The Labute approximate surface area is 130 Å². The van der Waals surface area contributed by atoms with Crippen molar-refractivity contribution in [1.29, 1.82) is 0 Å². The van der Waals surface area contributed by atoms with Gasteiger partial charge in [0.1, 0.15) is 0 Å². The Bertz CT molecular complexity index is 536. The monoisotopic (exact) mass is 363 g/mol. The summed E-state index contributed by atoms with van der Waals surface area (Å²) in [5.74, 6) is -0.178. The van der Waals surface area contributed by atoms with E-state index in [0.717, 1.165) is 37.8 Å². The van der Waals surface area contributed by atoms with Crippen LogP contribution in [0.3, 0.4) is 0 Å². The van der Waals surface area contributed by atoms with Crippen molar-refractivity contribution in [2.45, 2.75) is 45.2 Å². The number of carbonyl (C=O) groups excluding carboxylic acids is 1. The zero-order valence-electron chi connectivity index (χ0n) is 11.7. The molecule has 0 radical (unpaired) electrons.